The molecule has 2 rings (SSSR count). The monoisotopic (exact) mass is 242 g/mol. The van der Waals surface area contributed by atoms with Crippen LogP contribution in [-0.4, -0.2) is 17.1 Å². The Morgan fingerprint density at radius 1 is 1.23 bits per heavy atom. The zero-order valence-corrected chi connectivity index (χ0v) is 9.10. The fraction of sp³-hybridized carbons (Fsp3) is 0.556. The Labute approximate surface area is 85.7 Å². The maximum absolute atomic E-state index is 5.21. The van der Waals surface area contributed by atoms with E-state index in [0.717, 1.165) is 24.4 Å². The van der Waals surface area contributed by atoms with Crippen molar-refractivity contribution in [3.8, 4) is 5.88 Å². The van der Waals surface area contributed by atoms with Gasteiger partial charge in [0.2, 0.25) is 5.88 Å². The number of methoxy groups -OCH3 is 1. The third kappa shape index (κ3) is 1.68. The first kappa shape index (κ1) is 8.94. The van der Waals surface area contributed by atoms with Crippen molar-refractivity contribution in [2.24, 2.45) is 0 Å². The van der Waals surface area contributed by atoms with Crippen LogP contribution in [0.15, 0.2) is 4.73 Å². The molecule has 0 amide bonds. The van der Waals surface area contributed by atoms with E-state index in [1.165, 1.54) is 18.4 Å². The first-order valence-electron chi connectivity index (χ1n) is 4.40. The number of aromatic nitrogens is 2. The Kier molecular flexibility index (Phi) is 2.49. The fourth-order valence-electron chi connectivity index (χ4n) is 1.70. The third-order valence-electron chi connectivity index (χ3n) is 2.31. The van der Waals surface area contributed by atoms with Crippen LogP contribution in [0.25, 0.3) is 0 Å². The molecule has 13 heavy (non-hydrogen) atoms. The second kappa shape index (κ2) is 3.62. The molecule has 1 aromatic heterocycles. The number of hydrogen-bond donors (Lipinski definition) is 0. The molecule has 1 aromatic rings. The molecule has 0 aliphatic heterocycles. The van der Waals surface area contributed by atoms with Crippen LogP contribution < -0.4 is 4.74 Å². The largest absolute Gasteiger partial charge is 0.481 e. The van der Waals surface area contributed by atoms with Crippen LogP contribution in [0, 0.1) is 0 Å². The van der Waals surface area contributed by atoms with Gasteiger partial charge in [-0.15, -0.1) is 0 Å². The first-order chi connectivity index (χ1) is 6.31. The van der Waals surface area contributed by atoms with Gasteiger partial charge >= 0.3 is 0 Å². The lowest BCUT2D eigenvalue weighted by Crippen LogP contribution is -2.09. The summed E-state index contributed by atoms with van der Waals surface area (Å²) < 4.78 is 5.84. The summed E-state index contributed by atoms with van der Waals surface area (Å²) in [5.74, 6) is 0.733. The molecule has 1 heterocycles. The molecule has 0 bridgehead atoms. The van der Waals surface area contributed by atoms with E-state index < -0.39 is 0 Å². The molecule has 0 spiro atoms. The van der Waals surface area contributed by atoms with Gasteiger partial charge in [-0.3, -0.25) is 0 Å². The van der Waals surface area contributed by atoms with Gasteiger partial charge in [0.15, 0.2) is 4.73 Å². The zero-order valence-electron chi connectivity index (χ0n) is 7.51. The topological polar surface area (TPSA) is 35.0 Å². The Hall–Kier alpha value is -0.640. The van der Waals surface area contributed by atoms with Crippen molar-refractivity contribution in [3.05, 3.63) is 16.0 Å². The minimum absolute atomic E-state index is 0.630. The molecule has 3 nitrogen and oxygen atoms in total. The summed E-state index contributed by atoms with van der Waals surface area (Å²) in [5, 5.41) is 0. The van der Waals surface area contributed by atoms with Gasteiger partial charge in [0.05, 0.1) is 12.8 Å². The molecule has 0 fully saturated rings. The Balaban J connectivity index is 2.50. The normalized spacial score (nSPS) is 15.2. The molecule has 0 aromatic carbocycles. The van der Waals surface area contributed by atoms with E-state index >= 15 is 0 Å². The molecular formula is C9H11BrN2O. The van der Waals surface area contributed by atoms with Crippen LogP contribution >= 0.6 is 15.9 Å². The number of rotatable bonds is 1. The lowest BCUT2D eigenvalue weighted by Gasteiger charge is -2.16. The summed E-state index contributed by atoms with van der Waals surface area (Å²) in [7, 11) is 1.66. The zero-order chi connectivity index (χ0) is 9.26. The molecule has 1 aliphatic carbocycles. The van der Waals surface area contributed by atoms with Gasteiger partial charge in [0, 0.05) is 5.56 Å². The summed E-state index contributed by atoms with van der Waals surface area (Å²) in [6.07, 6.45) is 4.53. The van der Waals surface area contributed by atoms with Gasteiger partial charge < -0.3 is 4.74 Å². The molecule has 0 saturated heterocycles. The summed E-state index contributed by atoms with van der Waals surface area (Å²) in [5.41, 5.74) is 2.34. The number of aryl methyl sites for hydroxylation is 1. The second-order valence-electron chi connectivity index (χ2n) is 3.13. The average Bonchev–Trinajstić information content (AvgIpc) is 2.16. The van der Waals surface area contributed by atoms with E-state index in [4.69, 9.17) is 4.74 Å². The number of fused-ring (bicyclic) bond motifs is 1. The maximum atomic E-state index is 5.21. The molecule has 0 atom stereocenters. The summed E-state index contributed by atoms with van der Waals surface area (Å²) in [6.45, 7) is 0. The highest BCUT2D eigenvalue weighted by Gasteiger charge is 2.17. The second-order valence-corrected chi connectivity index (χ2v) is 3.84. The smallest absolute Gasteiger partial charge is 0.220 e. The summed E-state index contributed by atoms with van der Waals surface area (Å²) in [4.78, 5) is 8.54. The lowest BCUT2D eigenvalue weighted by molar-refractivity contribution is 0.385. The molecule has 4 heteroatoms. The van der Waals surface area contributed by atoms with Gasteiger partial charge in [0.25, 0.3) is 0 Å². The van der Waals surface area contributed by atoms with Gasteiger partial charge in [-0.05, 0) is 41.6 Å². The van der Waals surface area contributed by atoms with E-state index in [9.17, 15) is 0 Å². The van der Waals surface area contributed by atoms with Crippen molar-refractivity contribution in [2.45, 2.75) is 25.7 Å². The van der Waals surface area contributed by atoms with Crippen LogP contribution in [0.4, 0.5) is 0 Å². The van der Waals surface area contributed by atoms with Crippen LogP contribution in [-0.2, 0) is 12.8 Å². The number of ether oxygens (including phenoxy) is 1. The third-order valence-corrected chi connectivity index (χ3v) is 2.67. The van der Waals surface area contributed by atoms with Crippen LogP contribution in [0.5, 0.6) is 5.88 Å². The van der Waals surface area contributed by atoms with E-state index in [1.54, 1.807) is 7.11 Å². The van der Waals surface area contributed by atoms with Crippen molar-refractivity contribution < 1.29 is 4.74 Å². The van der Waals surface area contributed by atoms with Crippen LogP contribution in [0.1, 0.15) is 24.1 Å². The average molecular weight is 243 g/mol. The van der Waals surface area contributed by atoms with E-state index in [2.05, 4.69) is 25.9 Å². The minimum Gasteiger partial charge on any atom is -0.481 e. The lowest BCUT2D eigenvalue weighted by atomic mass is 9.97. The fourth-order valence-corrected chi connectivity index (χ4v) is 2.07. The molecule has 0 saturated carbocycles. The van der Waals surface area contributed by atoms with Crippen molar-refractivity contribution >= 4 is 15.9 Å². The molecule has 0 N–H and O–H groups in total. The van der Waals surface area contributed by atoms with E-state index in [1.807, 2.05) is 0 Å². The van der Waals surface area contributed by atoms with Gasteiger partial charge in [-0.2, -0.15) is 4.98 Å². The maximum Gasteiger partial charge on any atom is 0.220 e. The molecule has 70 valence electrons. The minimum atomic E-state index is 0.630. The highest BCUT2D eigenvalue weighted by molar-refractivity contribution is 9.10. The van der Waals surface area contributed by atoms with Crippen molar-refractivity contribution in [1.82, 2.24) is 9.97 Å². The summed E-state index contributed by atoms with van der Waals surface area (Å²) in [6, 6.07) is 0. The standard InChI is InChI=1S/C9H11BrN2O/c1-13-8-6-4-2-3-5-7(6)11-9(10)12-8/h2-5H2,1H3. The Bertz CT molecular complexity index is 310. The SMILES string of the molecule is COc1nc(Br)nc2c1CCCC2. The number of halogens is 1. The summed E-state index contributed by atoms with van der Waals surface area (Å²) >= 11 is 3.28. The van der Waals surface area contributed by atoms with Gasteiger partial charge in [-0.1, -0.05) is 0 Å². The quantitative estimate of drug-likeness (QED) is 0.708. The van der Waals surface area contributed by atoms with Crippen LogP contribution in [0.3, 0.4) is 0 Å². The van der Waals surface area contributed by atoms with Crippen LogP contribution in [0.2, 0.25) is 0 Å². The van der Waals surface area contributed by atoms with Gasteiger partial charge in [0.1, 0.15) is 0 Å². The molecule has 0 radical (unpaired) electrons. The molecule has 1 aliphatic rings. The number of hydrogen-bond acceptors (Lipinski definition) is 3. The van der Waals surface area contributed by atoms with Crippen molar-refractivity contribution in [2.75, 3.05) is 7.11 Å². The van der Waals surface area contributed by atoms with Crippen molar-refractivity contribution in [3.63, 3.8) is 0 Å². The number of nitrogens with zero attached hydrogens (tertiary/aromatic N) is 2. The molecular weight excluding hydrogens is 232 g/mol. The van der Waals surface area contributed by atoms with E-state index in [-0.39, 0.29) is 0 Å². The predicted octanol–water partition coefficient (Wildman–Crippen LogP) is 2.13. The highest BCUT2D eigenvalue weighted by Crippen LogP contribution is 2.27. The highest BCUT2D eigenvalue weighted by atomic mass is 79.9. The Morgan fingerprint density at radius 3 is 2.77 bits per heavy atom. The predicted molar refractivity (Wildman–Crippen MR) is 52.9 cm³/mol. The first-order valence-corrected chi connectivity index (χ1v) is 5.20. The Morgan fingerprint density at radius 2 is 2.00 bits per heavy atom. The molecule has 0 unspecified atom stereocenters. The van der Waals surface area contributed by atoms with Crippen molar-refractivity contribution in [1.29, 1.82) is 0 Å². The van der Waals surface area contributed by atoms with Gasteiger partial charge in [-0.25, -0.2) is 4.98 Å². The van der Waals surface area contributed by atoms with E-state index in [0.29, 0.717) is 4.73 Å².